The second kappa shape index (κ2) is 5.74. The number of hydrogen-bond acceptors (Lipinski definition) is 5. The predicted molar refractivity (Wildman–Crippen MR) is 79.3 cm³/mol. The maximum absolute atomic E-state index is 5.58. The van der Waals surface area contributed by atoms with Gasteiger partial charge in [0.15, 0.2) is 0 Å². The Morgan fingerprint density at radius 3 is 2.63 bits per heavy atom. The molecule has 19 heavy (non-hydrogen) atoms. The van der Waals surface area contributed by atoms with E-state index in [9.17, 15) is 0 Å². The van der Waals surface area contributed by atoms with Crippen LogP contribution in [0.15, 0.2) is 0 Å². The number of nitrogens with two attached hydrogens (primary N) is 1. The summed E-state index contributed by atoms with van der Waals surface area (Å²) < 4.78 is 0. The largest absolute Gasteiger partial charge is 0.359 e. The zero-order chi connectivity index (χ0) is 14.0. The summed E-state index contributed by atoms with van der Waals surface area (Å²) >= 11 is 0. The molecule has 1 unspecified atom stereocenters. The fourth-order valence-electron chi connectivity index (χ4n) is 2.24. The summed E-state index contributed by atoms with van der Waals surface area (Å²) in [6, 6.07) is 0. The van der Waals surface area contributed by atoms with E-state index in [4.69, 9.17) is 10.8 Å². The van der Waals surface area contributed by atoms with Crippen LogP contribution in [0.1, 0.15) is 50.4 Å². The summed E-state index contributed by atoms with van der Waals surface area (Å²) in [5.41, 5.74) is 3.73. The fraction of sp³-hybridized carbons (Fsp3) is 0.714. The van der Waals surface area contributed by atoms with Crippen LogP contribution < -0.4 is 16.2 Å². The summed E-state index contributed by atoms with van der Waals surface area (Å²) in [7, 11) is 2.10. The molecule has 5 nitrogen and oxygen atoms in total. The van der Waals surface area contributed by atoms with Gasteiger partial charge in [-0.05, 0) is 25.7 Å². The Labute approximate surface area is 115 Å². The van der Waals surface area contributed by atoms with Gasteiger partial charge in [-0.2, -0.15) is 0 Å². The first-order valence-electron chi connectivity index (χ1n) is 7.13. The zero-order valence-corrected chi connectivity index (χ0v) is 12.4. The molecule has 0 bridgehead atoms. The van der Waals surface area contributed by atoms with Gasteiger partial charge in [0, 0.05) is 25.1 Å². The van der Waals surface area contributed by atoms with Crippen LogP contribution in [0.2, 0.25) is 0 Å². The first-order chi connectivity index (χ1) is 9.06. The monoisotopic (exact) mass is 263 g/mol. The molecule has 1 atom stereocenters. The van der Waals surface area contributed by atoms with Gasteiger partial charge in [0.25, 0.3) is 0 Å². The molecule has 1 fully saturated rings. The van der Waals surface area contributed by atoms with Crippen molar-refractivity contribution in [2.24, 2.45) is 11.8 Å². The third kappa shape index (κ3) is 3.15. The van der Waals surface area contributed by atoms with E-state index in [2.05, 4.69) is 36.2 Å². The number of anilines is 2. The fourth-order valence-corrected chi connectivity index (χ4v) is 2.24. The standard InChI is InChI=1S/C14H25N5/c1-5-9(2)8-19(4)14-10(3)12(18-15)16-13(17-14)11-6-7-11/h9,11H,5-8,15H2,1-4H3,(H,16,17,18). The van der Waals surface area contributed by atoms with Gasteiger partial charge in [-0.25, -0.2) is 15.8 Å². The van der Waals surface area contributed by atoms with Gasteiger partial charge in [-0.15, -0.1) is 0 Å². The topological polar surface area (TPSA) is 67.1 Å². The Bertz CT molecular complexity index is 442. The maximum atomic E-state index is 5.58. The van der Waals surface area contributed by atoms with Crippen LogP contribution in [0.4, 0.5) is 11.6 Å². The summed E-state index contributed by atoms with van der Waals surface area (Å²) in [6.45, 7) is 7.50. The number of nitrogens with one attached hydrogen (secondary N) is 1. The van der Waals surface area contributed by atoms with E-state index < -0.39 is 0 Å². The number of aromatic nitrogens is 2. The minimum absolute atomic E-state index is 0.531. The van der Waals surface area contributed by atoms with Crippen molar-refractivity contribution < 1.29 is 0 Å². The second-order valence-corrected chi connectivity index (χ2v) is 5.69. The molecule has 0 aliphatic heterocycles. The third-order valence-corrected chi connectivity index (χ3v) is 3.86. The molecule has 1 aromatic heterocycles. The van der Waals surface area contributed by atoms with Crippen LogP contribution in [-0.4, -0.2) is 23.6 Å². The lowest BCUT2D eigenvalue weighted by molar-refractivity contribution is 0.556. The first-order valence-corrected chi connectivity index (χ1v) is 7.13. The Morgan fingerprint density at radius 1 is 1.42 bits per heavy atom. The average molecular weight is 263 g/mol. The number of hydrogen-bond donors (Lipinski definition) is 2. The van der Waals surface area contributed by atoms with Crippen LogP contribution in [0.3, 0.4) is 0 Å². The van der Waals surface area contributed by atoms with E-state index in [-0.39, 0.29) is 0 Å². The van der Waals surface area contributed by atoms with Gasteiger partial charge in [0.2, 0.25) is 0 Å². The van der Waals surface area contributed by atoms with E-state index in [1.807, 2.05) is 6.92 Å². The van der Waals surface area contributed by atoms with E-state index in [0.29, 0.717) is 11.8 Å². The summed E-state index contributed by atoms with van der Waals surface area (Å²) in [5.74, 6) is 9.45. The van der Waals surface area contributed by atoms with Gasteiger partial charge in [0.1, 0.15) is 17.5 Å². The van der Waals surface area contributed by atoms with Crippen LogP contribution in [0, 0.1) is 12.8 Å². The number of nitrogens with zero attached hydrogens (tertiary/aromatic N) is 3. The molecule has 1 heterocycles. The molecule has 0 saturated heterocycles. The van der Waals surface area contributed by atoms with Crippen molar-refractivity contribution in [3.63, 3.8) is 0 Å². The van der Waals surface area contributed by atoms with E-state index in [1.54, 1.807) is 0 Å². The number of nitrogen functional groups attached to an aromatic ring is 1. The van der Waals surface area contributed by atoms with E-state index in [1.165, 1.54) is 19.3 Å². The molecule has 106 valence electrons. The molecular formula is C14H25N5. The highest BCUT2D eigenvalue weighted by molar-refractivity contribution is 5.58. The Balaban J connectivity index is 2.29. The molecule has 2 rings (SSSR count). The minimum Gasteiger partial charge on any atom is -0.359 e. The van der Waals surface area contributed by atoms with Gasteiger partial charge in [0.05, 0.1) is 0 Å². The lowest BCUT2D eigenvalue weighted by atomic mass is 10.1. The highest BCUT2D eigenvalue weighted by Crippen LogP contribution is 2.39. The molecule has 5 heteroatoms. The van der Waals surface area contributed by atoms with Crippen molar-refractivity contribution in [3.05, 3.63) is 11.4 Å². The molecule has 0 aromatic carbocycles. The predicted octanol–water partition coefficient (Wildman–Crippen LogP) is 2.43. The molecular weight excluding hydrogens is 238 g/mol. The van der Waals surface area contributed by atoms with E-state index in [0.717, 1.165) is 29.6 Å². The maximum Gasteiger partial charge on any atom is 0.148 e. The first kappa shape index (κ1) is 14.1. The second-order valence-electron chi connectivity index (χ2n) is 5.69. The van der Waals surface area contributed by atoms with Crippen LogP contribution in [0.25, 0.3) is 0 Å². The van der Waals surface area contributed by atoms with Crippen molar-refractivity contribution in [1.82, 2.24) is 9.97 Å². The molecule has 0 amide bonds. The van der Waals surface area contributed by atoms with Crippen LogP contribution >= 0.6 is 0 Å². The average Bonchev–Trinajstić information content (AvgIpc) is 3.23. The lowest BCUT2D eigenvalue weighted by Gasteiger charge is -2.24. The van der Waals surface area contributed by atoms with Crippen molar-refractivity contribution in [2.45, 2.75) is 46.0 Å². The Kier molecular flexibility index (Phi) is 4.24. The lowest BCUT2D eigenvalue weighted by Crippen LogP contribution is -2.26. The van der Waals surface area contributed by atoms with Gasteiger partial charge in [-0.1, -0.05) is 20.3 Å². The summed E-state index contributed by atoms with van der Waals surface area (Å²) in [5, 5.41) is 0. The van der Waals surface area contributed by atoms with Crippen LogP contribution in [0.5, 0.6) is 0 Å². The Hall–Kier alpha value is -1.36. The summed E-state index contributed by atoms with van der Waals surface area (Å²) in [4.78, 5) is 11.5. The number of rotatable bonds is 6. The van der Waals surface area contributed by atoms with Gasteiger partial charge >= 0.3 is 0 Å². The molecule has 1 aliphatic rings. The highest BCUT2D eigenvalue weighted by Gasteiger charge is 2.28. The molecule has 0 spiro atoms. The van der Waals surface area contributed by atoms with Crippen LogP contribution in [-0.2, 0) is 0 Å². The van der Waals surface area contributed by atoms with Gasteiger partial charge < -0.3 is 10.3 Å². The Morgan fingerprint density at radius 2 is 2.11 bits per heavy atom. The highest BCUT2D eigenvalue weighted by atomic mass is 15.3. The van der Waals surface area contributed by atoms with E-state index >= 15 is 0 Å². The molecule has 3 N–H and O–H groups in total. The minimum atomic E-state index is 0.531. The smallest absolute Gasteiger partial charge is 0.148 e. The molecule has 1 aliphatic carbocycles. The quantitative estimate of drug-likeness (QED) is 0.609. The van der Waals surface area contributed by atoms with Crippen molar-refractivity contribution >= 4 is 11.6 Å². The third-order valence-electron chi connectivity index (χ3n) is 3.86. The number of hydrazine groups is 1. The zero-order valence-electron chi connectivity index (χ0n) is 12.4. The summed E-state index contributed by atoms with van der Waals surface area (Å²) in [6.07, 6.45) is 3.56. The normalized spacial score (nSPS) is 16.3. The van der Waals surface area contributed by atoms with Gasteiger partial charge in [-0.3, -0.25) is 0 Å². The molecule has 1 aromatic rings. The van der Waals surface area contributed by atoms with Crippen molar-refractivity contribution in [1.29, 1.82) is 0 Å². The SMILES string of the molecule is CCC(C)CN(C)c1nc(C2CC2)nc(NN)c1C. The molecule has 0 radical (unpaired) electrons. The molecule has 1 saturated carbocycles. The van der Waals surface area contributed by atoms with Crippen molar-refractivity contribution in [2.75, 3.05) is 23.9 Å². The van der Waals surface area contributed by atoms with Crippen molar-refractivity contribution in [3.8, 4) is 0 Å².